The summed E-state index contributed by atoms with van der Waals surface area (Å²) in [5, 5.41) is 3.16. The van der Waals surface area contributed by atoms with Crippen LogP contribution in [0.25, 0.3) is 0 Å². The lowest BCUT2D eigenvalue weighted by molar-refractivity contribution is 0.0255. The Morgan fingerprint density at radius 2 is 2.25 bits per heavy atom. The van der Waals surface area contributed by atoms with Crippen molar-refractivity contribution in [3.8, 4) is 0 Å². The Balaban J connectivity index is 1.98. The van der Waals surface area contributed by atoms with E-state index in [0.717, 1.165) is 37.2 Å². The Hall–Kier alpha value is -1.13. The van der Waals surface area contributed by atoms with Gasteiger partial charge in [0.2, 0.25) is 0 Å². The Kier molecular flexibility index (Phi) is 3.94. The van der Waals surface area contributed by atoms with Crippen LogP contribution >= 0.6 is 0 Å². The summed E-state index contributed by atoms with van der Waals surface area (Å²) in [6.07, 6.45) is 3.81. The predicted molar refractivity (Wildman–Crippen MR) is 78.6 cm³/mol. The molecule has 0 radical (unpaired) electrons. The molecule has 110 valence electrons. The van der Waals surface area contributed by atoms with Gasteiger partial charge in [0.05, 0.1) is 18.8 Å². The number of hydrogen-bond acceptors (Lipinski definition) is 3. The number of benzene rings is 1. The SMILES string of the molecule is CNC(C)c1c(F)cccc1N1CCOC2CCCC21. The van der Waals surface area contributed by atoms with E-state index in [9.17, 15) is 4.39 Å². The van der Waals surface area contributed by atoms with Crippen molar-refractivity contribution in [2.75, 3.05) is 25.1 Å². The largest absolute Gasteiger partial charge is 0.374 e. The highest BCUT2D eigenvalue weighted by Crippen LogP contribution is 2.37. The first kappa shape index (κ1) is 13.8. The lowest BCUT2D eigenvalue weighted by Gasteiger charge is -2.40. The Labute approximate surface area is 120 Å². The molecule has 0 aromatic heterocycles. The van der Waals surface area contributed by atoms with Crippen LogP contribution < -0.4 is 10.2 Å². The molecular formula is C16H23FN2O. The van der Waals surface area contributed by atoms with Crippen LogP contribution in [0, 0.1) is 5.82 Å². The van der Waals surface area contributed by atoms with Crippen molar-refractivity contribution < 1.29 is 9.13 Å². The van der Waals surface area contributed by atoms with Crippen LogP contribution in [0.1, 0.15) is 37.8 Å². The molecule has 1 saturated heterocycles. The zero-order valence-corrected chi connectivity index (χ0v) is 12.2. The van der Waals surface area contributed by atoms with E-state index in [1.807, 2.05) is 26.1 Å². The lowest BCUT2D eigenvalue weighted by atomic mass is 10.0. The van der Waals surface area contributed by atoms with Crippen molar-refractivity contribution in [2.45, 2.75) is 44.4 Å². The molecule has 2 aliphatic rings. The summed E-state index contributed by atoms with van der Waals surface area (Å²) >= 11 is 0. The summed E-state index contributed by atoms with van der Waals surface area (Å²) in [4.78, 5) is 2.37. The second-order valence-corrected chi connectivity index (χ2v) is 5.78. The molecule has 1 aromatic rings. The van der Waals surface area contributed by atoms with E-state index >= 15 is 0 Å². The number of rotatable bonds is 3. The molecule has 1 aliphatic heterocycles. The minimum absolute atomic E-state index is 0.00824. The minimum Gasteiger partial charge on any atom is -0.374 e. The van der Waals surface area contributed by atoms with Gasteiger partial charge < -0.3 is 15.0 Å². The Morgan fingerprint density at radius 1 is 1.40 bits per heavy atom. The number of hydrogen-bond donors (Lipinski definition) is 1. The lowest BCUT2D eigenvalue weighted by Crippen LogP contribution is -2.49. The van der Waals surface area contributed by atoms with Crippen LogP contribution in [0.5, 0.6) is 0 Å². The van der Waals surface area contributed by atoms with Gasteiger partial charge in [-0.3, -0.25) is 0 Å². The highest BCUT2D eigenvalue weighted by Gasteiger charge is 2.37. The second-order valence-electron chi connectivity index (χ2n) is 5.78. The van der Waals surface area contributed by atoms with Crippen LogP contribution in [0.4, 0.5) is 10.1 Å². The first-order valence-electron chi connectivity index (χ1n) is 7.56. The maximum atomic E-state index is 14.3. The van der Waals surface area contributed by atoms with E-state index in [1.54, 1.807) is 6.07 Å². The predicted octanol–water partition coefficient (Wildman–Crippen LogP) is 2.86. The molecule has 1 aromatic carbocycles. The molecule has 1 heterocycles. The molecule has 3 rings (SSSR count). The smallest absolute Gasteiger partial charge is 0.130 e. The van der Waals surface area contributed by atoms with Gasteiger partial charge in [-0.1, -0.05) is 6.07 Å². The van der Waals surface area contributed by atoms with Gasteiger partial charge in [-0.25, -0.2) is 4.39 Å². The van der Waals surface area contributed by atoms with Crippen molar-refractivity contribution in [3.05, 3.63) is 29.6 Å². The van der Waals surface area contributed by atoms with Gasteiger partial charge in [0.15, 0.2) is 0 Å². The van der Waals surface area contributed by atoms with Crippen molar-refractivity contribution in [1.29, 1.82) is 0 Å². The van der Waals surface area contributed by atoms with Crippen LogP contribution in [0.2, 0.25) is 0 Å². The van der Waals surface area contributed by atoms with E-state index in [1.165, 1.54) is 6.42 Å². The highest BCUT2D eigenvalue weighted by molar-refractivity contribution is 5.57. The number of anilines is 1. The molecular weight excluding hydrogens is 255 g/mol. The van der Waals surface area contributed by atoms with Gasteiger partial charge in [-0.15, -0.1) is 0 Å². The van der Waals surface area contributed by atoms with Crippen molar-refractivity contribution in [3.63, 3.8) is 0 Å². The fraction of sp³-hybridized carbons (Fsp3) is 0.625. The van der Waals surface area contributed by atoms with Crippen LogP contribution in [-0.4, -0.2) is 32.3 Å². The van der Waals surface area contributed by atoms with Crippen LogP contribution in [-0.2, 0) is 4.74 Å². The van der Waals surface area contributed by atoms with Crippen molar-refractivity contribution in [1.82, 2.24) is 5.32 Å². The third kappa shape index (κ3) is 2.31. The third-order valence-electron chi connectivity index (χ3n) is 4.69. The van der Waals surface area contributed by atoms with Crippen LogP contribution in [0.3, 0.4) is 0 Å². The fourth-order valence-electron chi connectivity index (χ4n) is 3.57. The molecule has 2 fully saturated rings. The maximum absolute atomic E-state index is 14.3. The standard InChI is InChI=1S/C16H23FN2O/c1-11(18-2)16-12(17)5-3-7-14(16)19-9-10-20-15-8-4-6-13(15)19/h3,5,7,11,13,15,18H,4,6,8-10H2,1-2H3. The number of nitrogens with zero attached hydrogens (tertiary/aromatic N) is 1. The zero-order valence-electron chi connectivity index (χ0n) is 12.2. The normalized spacial score (nSPS) is 27.4. The van der Waals surface area contributed by atoms with Gasteiger partial charge in [0, 0.05) is 23.8 Å². The number of morpholine rings is 1. The summed E-state index contributed by atoms with van der Waals surface area (Å²) < 4.78 is 20.1. The highest BCUT2D eigenvalue weighted by atomic mass is 19.1. The number of ether oxygens (including phenoxy) is 1. The molecule has 0 bridgehead atoms. The van der Waals surface area contributed by atoms with E-state index < -0.39 is 0 Å². The fourth-order valence-corrected chi connectivity index (χ4v) is 3.57. The molecule has 4 heteroatoms. The third-order valence-corrected chi connectivity index (χ3v) is 4.69. The number of halogens is 1. The number of fused-ring (bicyclic) bond motifs is 1. The first-order chi connectivity index (χ1) is 9.72. The van der Waals surface area contributed by atoms with Crippen molar-refractivity contribution in [2.24, 2.45) is 0 Å². The summed E-state index contributed by atoms with van der Waals surface area (Å²) in [5.41, 5.74) is 1.81. The molecule has 0 amide bonds. The van der Waals surface area contributed by atoms with E-state index in [0.29, 0.717) is 12.1 Å². The molecule has 3 atom stereocenters. The average molecular weight is 278 g/mol. The quantitative estimate of drug-likeness (QED) is 0.920. The number of nitrogens with one attached hydrogen (secondary N) is 1. The Bertz CT molecular complexity index is 480. The average Bonchev–Trinajstić information content (AvgIpc) is 2.94. The topological polar surface area (TPSA) is 24.5 Å². The minimum atomic E-state index is -0.120. The van der Waals surface area contributed by atoms with E-state index in [4.69, 9.17) is 4.74 Å². The molecule has 0 spiro atoms. The van der Waals surface area contributed by atoms with E-state index in [-0.39, 0.29) is 11.9 Å². The molecule has 1 N–H and O–H groups in total. The maximum Gasteiger partial charge on any atom is 0.130 e. The van der Waals surface area contributed by atoms with Crippen LogP contribution in [0.15, 0.2) is 18.2 Å². The summed E-state index contributed by atoms with van der Waals surface area (Å²) in [6.45, 7) is 3.60. The van der Waals surface area contributed by atoms with Gasteiger partial charge in [-0.2, -0.15) is 0 Å². The van der Waals surface area contributed by atoms with Gasteiger partial charge in [0.25, 0.3) is 0 Å². The molecule has 1 saturated carbocycles. The summed E-state index contributed by atoms with van der Waals surface area (Å²) in [5.74, 6) is -0.120. The zero-order chi connectivity index (χ0) is 14.1. The molecule has 20 heavy (non-hydrogen) atoms. The second kappa shape index (κ2) is 5.70. The summed E-state index contributed by atoms with van der Waals surface area (Å²) in [6, 6.07) is 5.84. The van der Waals surface area contributed by atoms with Crippen molar-refractivity contribution >= 4 is 5.69 Å². The van der Waals surface area contributed by atoms with Gasteiger partial charge >= 0.3 is 0 Å². The summed E-state index contributed by atoms with van der Waals surface area (Å²) in [7, 11) is 1.87. The van der Waals surface area contributed by atoms with E-state index in [2.05, 4.69) is 10.2 Å². The van der Waals surface area contributed by atoms with Gasteiger partial charge in [-0.05, 0) is 45.4 Å². The van der Waals surface area contributed by atoms with Gasteiger partial charge in [0.1, 0.15) is 5.82 Å². The molecule has 3 unspecified atom stereocenters. The first-order valence-corrected chi connectivity index (χ1v) is 7.56. The molecule has 1 aliphatic carbocycles. The monoisotopic (exact) mass is 278 g/mol. The Morgan fingerprint density at radius 3 is 3.05 bits per heavy atom. The molecule has 3 nitrogen and oxygen atoms in total.